The van der Waals surface area contributed by atoms with Crippen LogP contribution in [0.15, 0.2) is 46.1 Å². The minimum Gasteiger partial charge on any atom is -0.472 e. The molecule has 0 unspecified atom stereocenters. The highest BCUT2D eigenvalue weighted by molar-refractivity contribution is 7.99. The van der Waals surface area contributed by atoms with Crippen molar-refractivity contribution >= 4 is 21.8 Å². The molecule has 136 valence electrons. The Bertz CT molecular complexity index is 798. The Morgan fingerprint density at radius 1 is 1.20 bits per heavy atom. The van der Waals surface area contributed by atoms with Gasteiger partial charge in [-0.05, 0) is 43.2 Å². The molecule has 0 bridgehead atoms. The van der Waals surface area contributed by atoms with E-state index < -0.39 is 10.0 Å². The van der Waals surface area contributed by atoms with Gasteiger partial charge in [-0.3, -0.25) is 4.90 Å². The van der Waals surface area contributed by atoms with Gasteiger partial charge in [0, 0.05) is 36.7 Å². The monoisotopic (exact) mass is 380 g/mol. The van der Waals surface area contributed by atoms with E-state index in [0.29, 0.717) is 11.4 Å². The molecule has 2 aromatic rings. The van der Waals surface area contributed by atoms with Crippen molar-refractivity contribution in [1.29, 1.82) is 0 Å². The number of sulfonamides is 1. The molecule has 0 radical (unpaired) electrons. The quantitative estimate of drug-likeness (QED) is 0.835. The van der Waals surface area contributed by atoms with Crippen molar-refractivity contribution in [2.75, 3.05) is 31.1 Å². The van der Waals surface area contributed by atoms with Crippen LogP contribution in [0.2, 0.25) is 0 Å². The lowest BCUT2D eigenvalue weighted by Gasteiger charge is -2.33. The molecule has 3 rings (SSSR count). The summed E-state index contributed by atoms with van der Waals surface area (Å²) in [5.74, 6) is 2.14. The van der Waals surface area contributed by atoms with Crippen LogP contribution in [-0.4, -0.2) is 44.5 Å². The Hall–Kier alpha value is -1.28. The second-order valence-corrected chi connectivity index (χ2v) is 9.31. The van der Waals surface area contributed by atoms with Crippen LogP contribution in [0.1, 0.15) is 22.7 Å². The summed E-state index contributed by atoms with van der Waals surface area (Å²) in [5.41, 5.74) is 3.07. The lowest BCUT2D eigenvalue weighted by molar-refractivity contribution is 0.218. The molecule has 5 nitrogen and oxygen atoms in total. The van der Waals surface area contributed by atoms with E-state index in [1.807, 2.05) is 37.7 Å². The first kappa shape index (κ1) is 18.5. The van der Waals surface area contributed by atoms with E-state index in [1.54, 1.807) is 24.7 Å². The van der Waals surface area contributed by atoms with E-state index in [2.05, 4.69) is 9.62 Å². The third-order valence-corrected chi connectivity index (χ3v) is 7.03. The highest BCUT2D eigenvalue weighted by Crippen LogP contribution is 2.25. The fraction of sp³-hybridized carbons (Fsp3) is 0.444. The highest BCUT2D eigenvalue weighted by atomic mass is 32.2. The summed E-state index contributed by atoms with van der Waals surface area (Å²) in [4.78, 5) is 2.64. The van der Waals surface area contributed by atoms with Gasteiger partial charge in [0.1, 0.15) is 0 Å². The van der Waals surface area contributed by atoms with Gasteiger partial charge in [-0.25, -0.2) is 13.1 Å². The Morgan fingerprint density at radius 3 is 2.60 bits per heavy atom. The maximum Gasteiger partial charge on any atom is 0.240 e. The van der Waals surface area contributed by atoms with E-state index in [1.165, 1.54) is 0 Å². The minimum absolute atomic E-state index is 0.0130. The van der Waals surface area contributed by atoms with Gasteiger partial charge in [0.25, 0.3) is 0 Å². The van der Waals surface area contributed by atoms with Gasteiger partial charge in [0.15, 0.2) is 0 Å². The van der Waals surface area contributed by atoms with Gasteiger partial charge < -0.3 is 4.42 Å². The molecule has 0 amide bonds. The predicted molar refractivity (Wildman–Crippen MR) is 101 cm³/mol. The van der Waals surface area contributed by atoms with E-state index in [4.69, 9.17) is 4.42 Å². The molecule has 0 spiro atoms. The summed E-state index contributed by atoms with van der Waals surface area (Å²) in [7, 11) is -3.54. The number of hydrogen-bond donors (Lipinski definition) is 1. The molecule has 1 aromatic carbocycles. The summed E-state index contributed by atoms with van der Waals surface area (Å²) in [6.07, 6.45) is 3.34. The van der Waals surface area contributed by atoms with E-state index >= 15 is 0 Å². The predicted octanol–water partition coefficient (Wildman–Crippen LogP) is 2.96. The van der Waals surface area contributed by atoms with Crippen molar-refractivity contribution in [3.05, 3.63) is 53.5 Å². The first-order valence-electron chi connectivity index (χ1n) is 8.38. The molecule has 0 aliphatic carbocycles. The Kier molecular flexibility index (Phi) is 5.89. The molecule has 1 N–H and O–H groups in total. The zero-order valence-corrected chi connectivity index (χ0v) is 16.2. The lowest BCUT2D eigenvalue weighted by Crippen LogP contribution is -2.41. The van der Waals surface area contributed by atoms with Crippen LogP contribution in [0, 0.1) is 13.8 Å². The van der Waals surface area contributed by atoms with E-state index in [9.17, 15) is 8.42 Å². The van der Waals surface area contributed by atoms with Crippen molar-refractivity contribution in [3.63, 3.8) is 0 Å². The van der Waals surface area contributed by atoms with Crippen LogP contribution in [0.4, 0.5) is 0 Å². The number of furan rings is 1. The van der Waals surface area contributed by atoms with Crippen LogP contribution in [0.3, 0.4) is 0 Å². The number of benzene rings is 1. The van der Waals surface area contributed by atoms with Crippen LogP contribution < -0.4 is 4.72 Å². The first-order chi connectivity index (χ1) is 12.0. The molecule has 1 aliphatic rings. The van der Waals surface area contributed by atoms with Crippen molar-refractivity contribution in [2.24, 2.45) is 0 Å². The SMILES string of the molecule is Cc1ccc(S(=O)(=O)NC[C@H](c2ccoc2)N2CCSCC2)cc1C. The molecule has 7 heteroatoms. The number of thioether (sulfide) groups is 1. The third-order valence-electron chi connectivity index (χ3n) is 4.67. The van der Waals surface area contributed by atoms with Crippen molar-refractivity contribution < 1.29 is 12.8 Å². The maximum absolute atomic E-state index is 12.7. The molecule has 2 heterocycles. The molecule has 1 fully saturated rings. The van der Waals surface area contributed by atoms with Gasteiger partial charge in [-0.15, -0.1) is 0 Å². The summed E-state index contributed by atoms with van der Waals surface area (Å²) in [6, 6.07) is 7.13. The smallest absolute Gasteiger partial charge is 0.240 e. The fourth-order valence-electron chi connectivity index (χ4n) is 2.96. The third kappa shape index (κ3) is 4.47. The average Bonchev–Trinajstić information content (AvgIpc) is 3.12. The second-order valence-electron chi connectivity index (χ2n) is 6.32. The van der Waals surface area contributed by atoms with Crippen LogP contribution in [-0.2, 0) is 10.0 Å². The zero-order chi connectivity index (χ0) is 17.9. The van der Waals surface area contributed by atoms with E-state index in [-0.39, 0.29) is 6.04 Å². The van der Waals surface area contributed by atoms with Gasteiger partial charge in [0.2, 0.25) is 10.0 Å². The Labute approximate surface area is 153 Å². The number of aryl methyl sites for hydroxylation is 2. The van der Waals surface area contributed by atoms with Crippen molar-refractivity contribution in [2.45, 2.75) is 24.8 Å². The van der Waals surface area contributed by atoms with Gasteiger partial charge in [0.05, 0.1) is 23.5 Å². The highest BCUT2D eigenvalue weighted by Gasteiger charge is 2.25. The van der Waals surface area contributed by atoms with E-state index in [0.717, 1.165) is 41.3 Å². The van der Waals surface area contributed by atoms with Gasteiger partial charge >= 0.3 is 0 Å². The maximum atomic E-state index is 12.7. The van der Waals surface area contributed by atoms with Crippen LogP contribution in [0.25, 0.3) is 0 Å². The molecule has 1 aliphatic heterocycles. The minimum atomic E-state index is -3.54. The number of nitrogens with zero attached hydrogens (tertiary/aromatic N) is 1. The van der Waals surface area contributed by atoms with Crippen molar-refractivity contribution in [1.82, 2.24) is 9.62 Å². The standard InChI is InChI=1S/C18H24N2O3S2/c1-14-3-4-17(11-15(14)2)25(21,22)19-12-18(16-5-8-23-13-16)20-6-9-24-10-7-20/h3-5,8,11,13,18-19H,6-7,9-10,12H2,1-2H3/t18-/m1/s1. The summed E-state index contributed by atoms with van der Waals surface area (Å²) >= 11 is 1.93. The number of nitrogens with one attached hydrogen (secondary N) is 1. The number of hydrogen-bond acceptors (Lipinski definition) is 5. The Balaban J connectivity index is 1.76. The van der Waals surface area contributed by atoms with Crippen LogP contribution >= 0.6 is 11.8 Å². The summed E-state index contributed by atoms with van der Waals surface area (Å²) < 4.78 is 33.4. The lowest BCUT2D eigenvalue weighted by atomic mass is 10.1. The number of rotatable bonds is 6. The molecule has 1 saturated heterocycles. The molecular weight excluding hydrogens is 356 g/mol. The topological polar surface area (TPSA) is 62.6 Å². The zero-order valence-electron chi connectivity index (χ0n) is 14.6. The van der Waals surface area contributed by atoms with Crippen LogP contribution in [0.5, 0.6) is 0 Å². The Morgan fingerprint density at radius 2 is 1.96 bits per heavy atom. The van der Waals surface area contributed by atoms with Crippen molar-refractivity contribution in [3.8, 4) is 0 Å². The summed E-state index contributed by atoms with van der Waals surface area (Å²) in [5, 5.41) is 0. The normalized spacial score (nSPS) is 17.5. The summed E-state index contributed by atoms with van der Waals surface area (Å²) in [6.45, 7) is 6.13. The largest absolute Gasteiger partial charge is 0.472 e. The molecular formula is C18H24N2O3S2. The first-order valence-corrected chi connectivity index (χ1v) is 11.0. The second kappa shape index (κ2) is 7.95. The average molecular weight is 381 g/mol. The van der Waals surface area contributed by atoms with Gasteiger partial charge in [-0.1, -0.05) is 6.07 Å². The van der Waals surface area contributed by atoms with Gasteiger partial charge in [-0.2, -0.15) is 11.8 Å². The molecule has 25 heavy (non-hydrogen) atoms. The molecule has 1 aromatic heterocycles. The molecule has 0 saturated carbocycles. The fourth-order valence-corrected chi connectivity index (χ4v) is 5.02. The molecule has 1 atom stereocenters.